The van der Waals surface area contributed by atoms with E-state index in [1.54, 1.807) is 18.3 Å². The van der Waals surface area contributed by atoms with Gasteiger partial charge in [-0.1, -0.05) is 24.3 Å². The molecule has 0 aliphatic rings. The van der Waals surface area contributed by atoms with Crippen LogP contribution in [0, 0.1) is 0 Å². The summed E-state index contributed by atoms with van der Waals surface area (Å²) in [5.74, 6) is -0.991. The van der Waals surface area contributed by atoms with E-state index in [1.165, 1.54) is 12.1 Å². The van der Waals surface area contributed by atoms with Crippen molar-refractivity contribution in [2.24, 2.45) is 5.10 Å². The number of carboxylic acid groups (broad SMARTS) is 1. The third kappa shape index (κ3) is 3.58. The van der Waals surface area contributed by atoms with Gasteiger partial charge in [-0.05, 0) is 36.5 Å². The fourth-order valence-electron chi connectivity index (χ4n) is 2.25. The van der Waals surface area contributed by atoms with Crippen LogP contribution in [0.15, 0.2) is 59.8 Å². The number of nitrogens with one attached hydrogen (secondary N) is 3. The SMILES string of the molecule is O=C(O)c1cccc(NC(=S)N/N=C\c2c[nH]c3ccccc23)c1. The molecule has 4 N–H and O–H groups in total. The predicted octanol–water partition coefficient (Wildman–Crippen LogP) is 3.19. The van der Waals surface area contributed by atoms with Gasteiger partial charge in [0.25, 0.3) is 0 Å². The molecule has 0 saturated heterocycles. The van der Waals surface area contributed by atoms with Gasteiger partial charge in [-0.25, -0.2) is 4.79 Å². The van der Waals surface area contributed by atoms with E-state index in [2.05, 4.69) is 20.8 Å². The van der Waals surface area contributed by atoms with Crippen LogP contribution in [0.1, 0.15) is 15.9 Å². The minimum absolute atomic E-state index is 0.185. The zero-order chi connectivity index (χ0) is 16.9. The van der Waals surface area contributed by atoms with Crippen LogP contribution in [0.5, 0.6) is 0 Å². The number of aromatic amines is 1. The van der Waals surface area contributed by atoms with Gasteiger partial charge in [0.2, 0.25) is 0 Å². The van der Waals surface area contributed by atoms with Gasteiger partial charge in [0.05, 0.1) is 11.8 Å². The first-order chi connectivity index (χ1) is 11.6. The van der Waals surface area contributed by atoms with Gasteiger partial charge >= 0.3 is 5.97 Å². The number of carboxylic acids is 1. The lowest BCUT2D eigenvalue weighted by Crippen LogP contribution is -2.23. The molecular weight excluding hydrogens is 324 g/mol. The lowest BCUT2D eigenvalue weighted by molar-refractivity contribution is 0.0697. The van der Waals surface area contributed by atoms with Crippen molar-refractivity contribution in [1.29, 1.82) is 0 Å². The highest BCUT2D eigenvalue weighted by Gasteiger charge is 2.04. The van der Waals surface area contributed by atoms with Crippen LogP contribution in [0.25, 0.3) is 10.9 Å². The van der Waals surface area contributed by atoms with Gasteiger partial charge < -0.3 is 15.4 Å². The van der Waals surface area contributed by atoms with Crippen molar-refractivity contribution in [3.8, 4) is 0 Å². The monoisotopic (exact) mass is 338 g/mol. The molecule has 3 rings (SSSR count). The normalized spacial score (nSPS) is 10.8. The third-order valence-electron chi connectivity index (χ3n) is 3.36. The molecule has 0 aliphatic heterocycles. The van der Waals surface area contributed by atoms with Crippen LogP contribution in [0.2, 0.25) is 0 Å². The fraction of sp³-hybridized carbons (Fsp3) is 0. The molecule has 1 heterocycles. The molecule has 0 radical (unpaired) electrons. The first-order valence-electron chi connectivity index (χ1n) is 7.13. The Bertz CT molecular complexity index is 933. The Morgan fingerprint density at radius 2 is 2.04 bits per heavy atom. The molecule has 120 valence electrons. The van der Waals surface area contributed by atoms with Crippen molar-refractivity contribution in [2.75, 3.05) is 5.32 Å². The molecule has 0 fully saturated rings. The minimum Gasteiger partial charge on any atom is -0.478 e. The maximum Gasteiger partial charge on any atom is 0.335 e. The predicted molar refractivity (Wildman–Crippen MR) is 98.7 cm³/mol. The van der Waals surface area contributed by atoms with E-state index in [4.69, 9.17) is 17.3 Å². The number of para-hydroxylation sites is 1. The van der Waals surface area contributed by atoms with Gasteiger partial charge in [0, 0.05) is 28.4 Å². The minimum atomic E-state index is -0.991. The number of benzene rings is 2. The average Bonchev–Trinajstić information content (AvgIpc) is 2.98. The number of nitrogens with zero attached hydrogens (tertiary/aromatic N) is 1. The Hall–Kier alpha value is -3.19. The van der Waals surface area contributed by atoms with Crippen LogP contribution in [-0.2, 0) is 0 Å². The number of fused-ring (bicyclic) bond motifs is 1. The van der Waals surface area contributed by atoms with E-state index in [0.717, 1.165) is 16.5 Å². The van der Waals surface area contributed by atoms with E-state index in [0.29, 0.717) is 5.69 Å². The lowest BCUT2D eigenvalue weighted by atomic mass is 10.2. The molecule has 1 aromatic heterocycles. The van der Waals surface area contributed by atoms with Crippen molar-refractivity contribution in [3.05, 3.63) is 65.9 Å². The Morgan fingerprint density at radius 3 is 2.88 bits per heavy atom. The lowest BCUT2D eigenvalue weighted by Gasteiger charge is -2.07. The summed E-state index contributed by atoms with van der Waals surface area (Å²) in [5.41, 5.74) is 5.45. The molecular formula is C17H14N4O2S. The maximum atomic E-state index is 10.9. The van der Waals surface area contributed by atoms with Gasteiger partial charge in [-0.15, -0.1) is 0 Å². The summed E-state index contributed by atoms with van der Waals surface area (Å²) in [7, 11) is 0. The standard InChI is InChI=1S/C17H14N4O2S/c22-16(23)11-4-3-5-13(8-11)20-17(24)21-19-10-12-9-18-15-7-2-1-6-14(12)15/h1-10,18H,(H,22,23)(H2,20,21,24)/b19-10-. The number of rotatable bonds is 4. The number of hydrogen-bond donors (Lipinski definition) is 4. The molecule has 6 nitrogen and oxygen atoms in total. The van der Waals surface area contributed by atoms with Gasteiger partial charge in [-0.3, -0.25) is 5.43 Å². The van der Waals surface area contributed by atoms with Gasteiger partial charge in [-0.2, -0.15) is 5.10 Å². The van der Waals surface area contributed by atoms with Crippen molar-refractivity contribution in [3.63, 3.8) is 0 Å². The average molecular weight is 338 g/mol. The van der Waals surface area contributed by atoms with E-state index in [1.807, 2.05) is 30.5 Å². The number of hydrogen-bond acceptors (Lipinski definition) is 3. The number of hydrazone groups is 1. The molecule has 0 unspecified atom stereocenters. The molecule has 0 saturated carbocycles. The number of anilines is 1. The number of H-pyrrole nitrogens is 1. The summed E-state index contributed by atoms with van der Waals surface area (Å²) in [6.45, 7) is 0. The molecule has 0 atom stereocenters. The summed E-state index contributed by atoms with van der Waals surface area (Å²) in [6.07, 6.45) is 3.53. The summed E-state index contributed by atoms with van der Waals surface area (Å²) in [4.78, 5) is 14.1. The second-order valence-electron chi connectivity index (χ2n) is 5.00. The van der Waals surface area contributed by atoms with Crippen LogP contribution in [0.4, 0.5) is 5.69 Å². The van der Waals surface area contributed by atoms with E-state index >= 15 is 0 Å². The number of aromatic nitrogens is 1. The van der Waals surface area contributed by atoms with E-state index in [-0.39, 0.29) is 10.7 Å². The molecule has 0 bridgehead atoms. The molecule has 0 spiro atoms. The Morgan fingerprint density at radius 1 is 1.21 bits per heavy atom. The molecule has 0 aliphatic carbocycles. The van der Waals surface area contributed by atoms with Crippen molar-refractivity contribution >= 4 is 46.1 Å². The van der Waals surface area contributed by atoms with Gasteiger partial charge in [0.1, 0.15) is 0 Å². The Kier molecular flexibility index (Phi) is 4.53. The molecule has 2 aromatic carbocycles. The van der Waals surface area contributed by atoms with Crippen LogP contribution < -0.4 is 10.7 Å². The molecule has 24 heavy (non-hydrogen) atoms. The Balaban J connectivity index is 1.63. The van der Waals surface area contributed by atoms with Crippen LogP contribution >= 0.6 is 12.2 Å². The van der Waals surface area contributed by atoms with Crippen molar-refractivity contribution < 1.29 is 9.90 Å². The third-order valence-corrected chi connectivity index (χ3v) is 3.55. The maximum absolute atomic E-state index is 10.9. The van der Waals surface area contributed by atoms with Crippen LogP contribution in [-0.4, -0.2) is 27.4 Å². The number of aromatic carboxylic acids is 1. The number of carbonyl (C=O) groups is 1. The van der Waals surface area contributed by atoms with Crippen LogP contribution in [0.3, 0.4) is 0 Å². The topological polar surface area (TPSA) is 89.5 Å². The van der Waals surface area contributed by atoms with Gasteiger partial charge in [0.15, 0.2) is 5.11 Å². The molecule has 7 heteroatoms. The second kappa shape index (κ2) is 6.93. The van der Waals surface area contributed by atoms with Crippen molar-refractivity contribution in [2.45, 2.75) is 0 Å². The summed E-state index contributed by atoms with van der Waals surface area (Å²) in [6, 6.07) is 14.3. The van der Waals surface area contributed by atoms with E-state index < -0.39 is 5.97 Å². The first-order valence-corrected chi connectivity index (χ1v) is 7.54. The first kappa shape index (κ1) is 15.7. The zero-order valence-corrected chi connectivity index (χ0v) is 13.3. The zero-order valence-electron chi connectivity index (χ0n) is 12.5. The summed E-state index contributed by atoms with van der Waals surface area (Å²) in [5, 5.41) is 17.3. The fourth-order valence-corrected chi connectivity index (χ4v) is 2.42. The van der Waals surface area contributed by atoms with E-state index in [9.17, 15) is 4.79 Å². The van der Waals surface area contributed by atoms with Crippen molar-refractivity contribution in [1.82, 2.24) is 10.4 Å². The number of thiocarbonyl (C=S) groups is 1. The summed E-state index contributed by atoms with van der Waals surface area (Å²) < 4.78 is 0. The molecule has 3 aromatic rings. The highest BCUT2D eigenvalue weighted by molar-refractivity contribution is 7.80. The smallest absolute Gasteiger partial charge is 0.335 e. The quantitative estimate of drug-likeness (QED) is 0.333. The summed E-state index contributed by atoms with van der Waals surface area (Å²) >= 11 is 5.14. The highest BCUT2D eigenvalue weighted by Crippen LogP contribution is 2.15. The molecule has 0 amide bonds. The second-order valence-corrected chi connectivity index (χ2v) is 5.41. The Labute approximate surface area is 143 Å². The highest BCUT2D eigenvalue weighted by atomic mass is 32.1. The largest absolute Gasteiger partial charge is 0.478 e.